The topological polar surface area (TPSA) is 94.9 Å². The van der Waals surface area contributed by atoms with Gasteiger partial charge in [0.05, 0.1) is 11.4 Å². The standard InChI is InChI=1S/C12H12N4O/c1-7-5-9(13)11(12(14)17)16-10(7)8-3-2-4-15-6-8/h2-6H,13H2,1H3,(H2,14,17). The third kappa shape index (κ3) is 2.08. The molecule has 0 radical (unpaired) electrons. The fourth-order valence-electron chi connectivity index (χ4n) is 1.63. The van der Waals surface area contributed by atoms with Crippen LogP contribution in [0.1, 0.15) is 16.1 Å². The van der Waals surface area contributed by atoms with Gasteiger partial charge in [-0.2, -0.15) is 0 Å². The third-order valence-electron chi connectivity index (χ3n) is 2.41. The van der Waals surface area contributed by atoms with Crippen LogP contribution in [0.4, 0.5) is 5.69 Å². The second kappa shape index (κ2) is 4.21. The van der Waals surface area contributed by atoms with Crippen molar-refractivity contribution in [2.75, 3.05) is 5.73 Å². The van der Waals surface area contributed by atoms with Crippen molar-refractivity contribution in [3.63, 3.8) is 0 Å². The Morgan fingerprint density at radius 3 is 2.76 bits per heavy atom. The molecule has 0 fully saturated rings. The number of anilines is 1. The summed E-state index contributed by atoms with van der Waals surface area (Å²) in [5.41, 5.74) is 13.7. The average molecular weight is 228 g/mol. The van der Waals surface area contributed by atoms with Crippen molar-refractivity contribution in [1.82, 2.24) is 9.97 Å². The summed E-state index contributed by atoms with van der Waals surface area (Å²) in [5.74, 6) is -0.632. The van der Waals surface area contributed by atoms with Crippen LogP contribution in [-0.4, -0.2) is 15.9 Å². The Balaban J connectivity index is 2.63. The molecule has 0 spiro atoms. The molecule has 17 heavy (non-hydrogen) atoms. The molecule has 0 aromatic carbocycles. The molecule has 5 nitrogen and oxygen atoms in total. The second-order valence-corrected chi connectivity index (χ2v) is 3.70. The Morgan fingerprint density at radius 2 is 2.18 bits per heavy atom. The number of aromatic nitrogens is 2. The molecule has 2 aromatic heterocycles. The van der Waals surface area contributed by atoms with Gasteiger partial charge in [0.1, 0.15) is 0 Å². The highest BCUT2D eigenvalue weighted by Crippen LogP contribution is 2.23. The van der Waals surface area contributed by atoms with Gasteiger partial charge >= 0.3 is 0 Å². The molecular weight excluding hydrogens is 216 g/mol. The van der Waals surface area contributed by atoms with E-state index in [9.17, 15) is 4.79 Å². The lowest BCUT2D eigenvalue weighted by atomic mass is 10.1. The fourth-order valence-corrected chi connectivity index (χ4v) is 1.63. The van der Waals surface area contributed by atoms with E-state index < -0.39 is 5.91 Å². The van der Waals surface area contributed by atoms with Gasteiger partial charge in [-0.15, -0.1) is 0 Å². The number of carbonyl (C=O) groups excluding carboxylic acids is 1. The van der Waals surface area contributed by atoms with E-state index in [1.807, 2.05) is 13.0 Å². The highest BCUT2D eigenvalue weighted by atomic mass is 16.1. The first kappa shape index (κ1) is 11.1. The molecule has 0 aliphatic carbocycles. The molecule has 0 saturated carbocycles. The van der Waals surface area contributed by atoms with Crippen molar-refractivity contribution < 1.29 is 4.79 Å². The number of aryl methyl sites for hydroxylation is 1. The van der Waals surface area contributed by atoms with E-state index in [1.54, 1.807) is 24.5 Å². The summed E-state index contributed by atoms with van der Waals surface area (Å²) in [5, 5.41) is 0. The lowest BCUT2D eigenvalue weighted by molar-refractivity contribution is 0.0996. The predicted molar refractivity (Wildman–Crippen MR) is 65.1 cm³/mol. The van der Waals surface area contributed by atoms with E-state index >= 15 is 0 Å². The van der Waals surface area contributed by atoms with Gasteiger partial charge in [-0.3, -0.25) is 9.78 Å². The van der Waals surface area contributed by atoms with Gasteiger partial charge in [0.15, 0.2) is 5.69 Å². The second-order valence-electron chi connectivity index (χ2n) is 3.70. The monoisotopic (exact) mass is 228 g/mol. The molecule has 86 valence electrons. The minimum Gasteiger partial charge on any atom is -0.397 e. The number of carbonyl (C=O) groups is 1. The summed E-state index contributed by atoms with van der Waals surface area (Å²) in [6.45, 7) is 1.87. The maximum absolute atomic E-state index is 11.2. The number of nitrogen functional groups attached to an aromatic ring is 1. The van der Waals surface area contributed by atoms with Crippen molar-refractivity contribution in [2.24, 2.45) is 5.73 Å². The van der Waals surface area contributed by atoms with Gasteiger partial charge in [-0.05, 0) is 30.7 Å². The zero-order valence-electron chi connectivity index (χ0n) is 9.34. The van der Waals surface area contributed by atoms with Gasteiger partial charge in [0, 0.05) is 18.0 Å². The van der Waals surface area contributed by atoms with Crippen LogP contribution in [0.25, 0.3) is 11.3 Å². The summed E-state index contributed by atoms with van der Waals surface area (Å²) in [7, 11) is 0. The van der Waals surface area contributed by atoms with Crippen LogP contribution >= 0.6 is 0 Å². The predicted octanol–water partition coefficient (Wildman–Crippen LogP) is 1.13. The molecule has 2 rings (SSSR count). The number of rotatable bonds is 2. The van der Waals surface area contributed by atoms with Gasteiger partial charge in [0.25, 0.3) is 5.91 Å². The highest BCUT2D eigenvalue weighted by Gasteiger charge is 2.12. The SMILES string of the molecule is Cc1cc(N)c(C(N)=O)nc1-c1cccnc1. The number of hydrogen-bond donors (Lipinski definition) is 2. The normalized spacial score (nSPS) is 10.2. The van der Waals surface area contributed by atoms with E-state index in [2.05, 4.69) is 9.97 Å². The molecule has 1 amide bonds. The van der Waals surface area contributed by atoms with Crippen molar-refractivity contribution in [2.45, 2.75) is 6.92 Å². The van der Waals surface area contributed by atoms with Crippen LogP contribution in [0.2, 0.25) is 0 Å². The highest BCUT2D eigenvalue weighted by molar-refractivity contribution is 5.96. The first-order valence-electron chi connectivity index (χ1n) is 5.07. The smallest absolute Gasteiger partial charge is 0.269 e. The molecule has 4 N–H and O–H groups in total. The molecule has 0 unspecified atom stereocenters. The van der Waals surface area contributed by atoms with Gasteiger partial charge in [-0.25, -0.2) is 4.98 Å². The Hall–Kier alpha value is -2.43. The van der Waals surface area contributed by atoms with Gasteiger partial charge < -0.3 is 11.5 Å². The Bertz CT molecular complexity index is 566. The van der Waals surface area contributed by atoms with E-state index in [0.29, 0.717) is 11.4 Å². The molecule has 0 saturated heterocycles. The number of amides is 1. The quantitative estimate of drug-likeness (QED) is 0.805. The molecule has 2 aromatic rings. The summed E-state index contributed by atoms with van der Waals surface area (Å²) >= 11 is 0. The Morgan fingerprint density at radius 1 is 1.41 bits per heavy atom. The lowest BCUT2D eigenvalue weighted by Gasteiger charge is -2.08. The lowest BCUT2D eigenvalue weighted by Crippen LogP contribution is -2.16. The van der Waals surface area contributed by atoms with Crippen molar-refractivity contribution in [3.05, 3.63) is 41.9 Å². The minimum absolute atomic E-state index is 0.0921. The van der Waals surface area contributed by atoms with Crippen LogP contribution in [0, 0.1) is 6.92 Å². The summed E-state index contributed by atoms with van der Waals surface area (Å²) < 4.78 is 0. The van der Waals surface area contributed by atoms with E-state index in [4.69, 9.17) is 11.5 Å². The Labute approximate surface area is 98.5 Å². The molecule has 0 bridgehead atoms. The van der Waals surface area contributed by atoms with Gasteiger partial charge in [-0.1, -0.05) is 0 Å². The molecule has 2 heterocycles. The first-order valence-corrected chi connectivity index (χ1v) is 5.07. The first-order chi connectivity index (χ1) is 8.09. The number of hydrogen-bond acceptors (Lipinski definition) is 4. The summed E-state index contributed by atoms with van der Waals surface area (Å²) in [6, 6.07) is 5.36. The van der Waals surface area contributed by atoms with Crippen LogP contribution in [0.15, 0.2) is 30.6 Å². The number of nitrogens with zero attached hydrogens (tertiary/aromatic N) is 2. The fraction of sp³-hybridized carbons (Fsp3) is 0.0833. The van der Waals surface area contributed by atoms with Crippen LogP contribution in [0.5, 0.6) is 0 Å². The third-order valence-corrected chi connectivity index (χ3v) is 2.41. The van der Waals surface area contributed by atoms with E-state index in [0.717, 1.165) is 11.1 Å². The van der Waals surface area contributed by atoms with Crippen molar-refractivity contribution in [1.29, 1.82) is 0 Å². The number of pyridine rings is 2. The maximum Gasteiger partial charge on any atom is 0.269 e. The maximum atomic E-state index is 11.2. The zero-order valence-corrected chi connectivity index (χ0v) is 9.34. The number of primary amides is 1. The molecule has 0 atom stereocenters. The van der Waals surface area contributed by atoms with Crippen LogP contribution in [0.3, 0.4) is 0 Å². The van der Waals surface area contributed by atoms with Crippen LogP contribution < -0.4 is 11.5 Å². The zero-order chi connectivity index (χ0) is 12.4. The largest absolute Gasteiger partial charge is 0.397 e. The summed E-state index contributed by atoms with van der Waals surface area (Å²) in [6.07, 6.45) is 3.35. The molecule has 0 aliphatic heterocycles. The molecular formula is C12H12N4O. The van der Waals surface area contributed by atoms with Crippen molar-refractivity contribution >= 4 is 11.6 Å². The number of nitrogens with two attached hydrogens (primary N) is 2. The summed E-state index contributed by atoms with van der Waals surface area (Å²) in [4.78, 5) is 19.4. The van der Waals surface area contributed by atoms with Crippen molar-refractivity contribution in [3.8, 4) is 11.3 Å². The minimum atomic E-state index is -0.632. The molecule has 5 heteroatoms. The van der Waals surface area contributed by atoms with Gasteiger partial charge in [0.2, 0.25) is 0 Å². The average Bonchev–Trinajstić information content (AvgIpc) is 2.29. The van der Waals surface area contributed by atoms with E-state index in [1.165, 1.54) is 0 Å². The van der Waals surface area contributed by atoms with E-state index in [-0.39, 0.29) is 5.69 Å². The van der Waals surface area contributed by atoms with Crippen LogP contribution in [-0.2, 0) is 0 Å². The Kier molecular flexibility index (Phi) is 2.74. The molecule has 0 aliphatic rings.